The minimum absolute atomic E-state index is 0.245. The van der Waals surface area contributed by atoms with Gasteiger partial charge in [0, 0.05) is 25.2 Å². The van der Waals surface area contributed by atoms with E-state index in [-0.39, 0.29) is 6.61 Å². The van der Waals surface area contributed by atoms with E-state index in [9.17, 15) is 0 Å². The molecule has 0 spiro atoms. The minimum atomic E-state index is 0.245. The highest BCUT2D eigenvalue weighted by Gasteiger charge is 2.24. The van der Waals surface area contributed by atoms with E-state index >= 15 is 0 Å². The molecule has 1 saturated heterocycles. The van der Waals surface area contributed by atoms with E-state index in [0.29, 0.717) is 12.1 Å². The third-order valence-corrected chi connectivity index (χ3v) is 2.40. The minimum Gasteiger partial charge on any atom is -0.395 e. The molecular formula is C9H19NO2. The Balaban J connectivity index is 2.40. The van der Waals surface area contributed by atoms with E-state index in [1.807, 2.05) is 0 Å². The zero-order chi connectivity index (χ0) is 8.97. The van der Waals surface area contributed by atoms with Gasteiger partial charge in [-0.15, -0.1) is 0 Å². The van der Waals surface area contributed by atoms with Gasteiger partial charge in [0.25, 0.3) is 0 Å². The van der Waals surface area contributed by atoms with Crippen molar-refractivity contribution in [3.8, 4) is 0 Å². The molecule has 1 atom stereocenters. The Morgan fingerprint density at radius 1 is 1.58 bits per heavy atom. The summed E-state index contributed by atoms with van der Waals surface area (Å²) < 4.78 is 5.31. The average molecular weight is 173 g/mol. The van der Waals surface area contributed by atoms with Crippen LogP contribution >= 0.6 is 0 Å². The third kappa shape index (κ3) is 2.44. The van der Waals surface area contributed by atoms with Crippen LogP contribution in [0.2, 0.25) is 0 Å². The van der Waals surface area contributed by atoms with Gasteiger partial charge in [0.05, 0.1) is 13.2 Å². The summed E-state index contributed by atoms with van der Waals surface area (Å²) in [6, 6.07) is 1.03. The molecule has 72 valence electrons. The van der Waals surface area contributed by atoms with Gasteiger partial charge >= 0.3 is 0 Å². The van der Waals surface area contributed by atoms with Crippen molar-refractivity contribution in [2.75, 3.05) is 26.4 Å². The molecule has 0 amide bonds. The monoisotopic (exact) mass is 173 g/mol. The molecule has 3 heteroatoms. The van der Waals surface area contributed by atoms with Crippen LogP contribution in [0.15, 0.2) is 0 Å². The lowest BCUT2D eigenvalue weighted by Gasteiger charge is -2.30. The smallest absolute Gasteiger partial charge is 0.0622 e. The lowest BCUT2D eigenvalue weighted by molar-refractivity contribution is 0.0997. The lowest BCUT2D eigenvalue weighted by Crippen LogP contribution is -2.42. The third-order valence-electron chi connectivity index (χ3n) is 2.40. The molecule has 1 aliphatic rings. The van der Waals surface area contributed by atoms with E-state index in [4.69, 9.17) is 9.84 Å². The van der Waals surface area contributed by atoms with Crippen molar-refractivity contribution < 1.29 is 9.84 Å². The average Bonchev–Trinajstić information content (AvgIpc) is 2.51. The highest BCUT2D eigenvalue weighted by atomic mass is 16.5. The summed E-state index contributed by atoms with van der Waals surface area (Å²) in [5.41, 5.74) is 0. The van der Waals surface area contributed by atoms with Crippen molar-refractivity contribution in [2.24, 2.45) is 0 Å². The Bertz CT molecular complexity index is 122. The fourth-order valence-corrected chi connectivity index (χ4v) is 1.76. The summed E-state index contributed by atoms with van der Waals surface area (Å²) in [7, 11) is 0. The Labute approximate surface area is 74.3 Å². The number of rotatable bonds is 4. The van der Waals surface area contributed by atoms with Crippen molar-refractivity contribution in [1.82, 2.24) is 4.90 Å². The highest BCUT2D eigenvalue weighted by Crippen LogP contribution is 2.14. The second kappa shape index (κ2) is 4.80. The molecule has 0 bridgehead atoms. The van der Waals surface area contributed by atoms with Gasteiger partial charge < -0.3 is 9.84 Å². The molecule has 0 radical (unpaired) electrons. The number of hydrogen-bond acceptors (Lipinski definition) is 3. The summed E-state index contributed by atoms with van der Waals surface area (Å²) in [5, 5.41) is 8.86. The molecule has 0 aliphatic carbocycles. The Hall–Kier alpha value is -0.120. The van der Waals surface area contributed by atoms with Crippen LogP contribution in [0, 0.1) is 0 Å². The predicted molar refractivity (Wildman–Crippen MR) is 48.2 cm³/mol. The molecule has 12 heavy (non-hydrogen) atoms. The zero-order valence-corrected chi connectivity index (χ0v) is 7.99. The fraction of sp³-hybridized carbons (Fsp3) is 1.00. The molecule has 1 heterocycles. The van der Waals surface area contributed by atoms with E-state index in [0.717, 1.165) is 26.2 Å². The standard InChI is InChI=1S/C9H19NO2/c1-8(2)10(4-5-11)9-3-6-12-7-9/h8-9,11H,3-7H2,1-2H3. The molecule has 1 rings (SSSR count). The van der Waals surface area contributed by atoms with Crippen LogP contribution in [0.1, 0.15) is 20.3 Å². The number of aliphatic hydroxyl groups is 1. The maximum absolute atomic E-state index is 8.86. The summed E-state index contributed by atoms with van der Waals surface area (Å²) in [5.74, 6) is 0. The van der Waals surface area contributed by atoms with Crippen LogP contribution in [-0.4, -0.2) is 48.5 Å². The second-order valence-electron chi connectivity index (χ2n) is 3.57. The molecule has 0 aromatic carbocycles. The summed E-state index contributed by atoms with van der Waals surface area (Å²) in [6.07, 6.45) is 1.11. The zero-order valence-electron chi connectivity index (χ0n) is 7.99. The molecule has 0 saturated carbocycles. The maximum Gasteiger partial charge on any atom is 0.0622 e. The van der Waals surface area contributed by atoms with E-state index in [1.165, 1.54) is 0 Å². The molecule has 1 N–H and O–H groups in total. The number of aliphatic hydroxyl groups excluding tert-OH is 1. The van der Waals surface area contributed by atoms with Crippen LogP contribution in [0.4, 0.5) is 0 Å². The molecule has 3 nitrogen and oxygen atoms in total. The molecule has 1 aliphatic heterocycles. The van der Waals surface area contributed by atoms with Crippen LogP contribution in [0.5, 0.6) is 0 Å². The van der Waals surface area contributed by atoms with E-state index < -0.39 is 0 Å². The highest BCUT2D eigenvalue weighted by molar-refractivity contribution is 4.77. The van der Waals surface area contributed by atoms with Gasteiger partial charge in [0.15, 0.2) is 0 Å². The van der Waals surface area contributed by atoms with Crippen molar-refractivity contribution in [3.05, 3.63) is 0 Å². The van der Waals surface area contributed by atoms with Gasteiger partial charge in [0.2, 0.25) is 0 Å². The topological polar surface area (TPSA) is 32.7 Å². The Kier molecular flexibility index (Phi) is 3.98. The largest absolute Gasteiger partial charge is 0.395 e. The van der Waals surface area contributed by atoms with Crippen molar-refractivity contribution >= 4 is 0 Å². The first kappa shape index (κ1) is 9.96. The number of ether oxygens (including phenoxy) is 1. The van der Waals surface area contributed by atoms with Crippen LogP contribution in [0.25, 0.3) is 0 Å². The van der Waals surface area contributed by atoms with Crippen LogP contribution < -0.4 is 0 Å². The van der Waals surface area contributed by atoms with Crippen LogP contribution in [0.3, 0.4) is 0 Å². The van der Waals surface area contributed by atoms with Gasteiger partial charge in [-0.2, -0.15) is 0 Å². The first-order chi connectivity index (χ1) is 5.75. The number of hydrogen-bond donors (Lipinski definition) is 1. The van der Waals surface area contributed by atoms with Crippen LogP contribution in [-0.2, 0) is 4.74 Å². The summed E-state index contributed by atoms with van der Waals surface area (Å²) >= 11 is 0. The van der Waals surface area contributed by atoms with Gasteiger partial charge in [-0.25, -0.2) is 0 Å². The first-order valence-corrected chi connectivity index (χ1v) is 4.70. The number of nitrogens with zero attached hydrogens (tertiary/aromatic N) is 1. The Morgan fingerprint density at radius 3 is 2.75 bits per heavy atom. The fourth-order valence-electron chi connectivity index (χ4n) is 1.76. The van der Waals surface area contributed by atoms with Gasteiger partial charge in [-0.05, 0) is 20.3 Å². The SMILES string of the molecule is CC(C)N(CCO)C1CCOC1. The molecule has 0 aromatic rings. The van der Waals surface area contributed by atoms with Gasteiger partial charge in [0.1, 0.15) is 0 Å². The summed E-state index contributed by atoms with van der Waals surface area (Å²) in [6.45, 7) is 7.04. The van der Waals surface area contributed by atoms with Gasteiger partial charge in [-0.1, -0.05) is 0 Å². The quantitative estimate of drug-likeness (QED) is 0.671. The van der Waals surface area contributed by atoms with E-state index in [2.05, 4.69) is 18.7 Å². The van der Waals surface area contributed by atoms with Crippen molar-refractivity contribution in [1.29, 1.82) is 0 Å². The second-order valence-corrected chi connectivity index (χ2v) is 3.57. The maximum atomic E-state index is 8.86. The molecular weight excluding hydrogens is 154 g/mol. The van der Waals surface area contributed by atoms with Gasteiger partial charge in [-0.3, -0.25) is 4.90 Å². The lowest BCUT2D eigenvalue weighted by atomic mass is 10.2. The van der Waals surface area contributed by atoms with Crippen molar-refractivity contribution in [2.45, 2.75) is 32.4 Å². The normalized spacial score (nSPS) is 24.2. The van der Waals surface area contributed by atoms with Crippen molar-refractivity contribution in [3.63, 3.8) is 0 Å². The van der Waals surface area contributed by atoms with E-state index in [1.54, 1.807) is 0 Å². The summed E-state index contributed by atoms with van der Waals surface area (Å²) in [4.78, 5) is 2.31. The molecule has 1 fully saturated rings. The predicted octanol–water partition coefficient (Wildman–Crippen LogP) is 0.478. The molecule has 1 unspecified atom stereocenters. The molecule has 0 aromatic heterocycles. The first-order valence-electron chi connectivity index (χ1n) is 4.70. The Morgan fingerprint density at radius 2 is 2.33 bits per heavy atom.